The number of aliphatic carboxylic acids is 1. The highest BCUT2D eigenvalue weighted by Gasteiger charge is 2.14. The third-order valence-electron chi connectivity index (χ3n) is 3.32. The van der Waals surface area contributed by atoms with Crippen LogP contribution < -0.4 is 9.47 Å². The highest BCUT2D eigenvalue weighted by molar-refractivity contribution is 5.67. The first-order chi connectivity index (χ1) is 11.9. The van der Waals surface area contributed by atoms with Gasteiger partial charge in [0.2, 0.25) is 0 Å². The van der Waals surface area contributed by atoms with Gasteiger partial charge in [0.1, 0.15) is 5.75 Å². The molecule has 2 rings (SSSR count). The lowest BCUT2D eigenvalue weighted by atomic mass is 10.0. The summed E-state index contributed by atoms with van der Waals surface area (Å²) in [5, 5.41) is 8.55. The summed E-state index contributed by atoms with van der Waals surface area (Å²) < 4.78 is 39.0. The summed E-state index contributed by atoms with van der Waals surface area (Å²) in [6.45, 7) is 3.71. The Labute approximate surface area is 145 Å². The molecule has 0 radical (unpaired) electrons. The molecule has 0 amide bonds. The Morgan fingerprint density at radius 3 is 2.40 bits per heavy atom. The molecule has 0 aliphatic carbocycles. The van der Waals surface area contributed by atoms with E-state index < -0.39 is 23.4 Å². The van der Waals surface area contributed by atoms with Crippen LogP contribution in [0.3, 0.4) is 0 Å². The molecular formula is C19H20F2O4. The van der Waals surface area contributed by atoms with Crippen LogP contribution in [0.5, 0.6) is 11.5 Å². The second-order valence-electron chi connectivity index (χ2n) is 5.81. The molecule has 0 aliphatic rings. The van der Waals surface area contributed by atoms with Gasteiger partial charge in [0.05, 0.1) is 12.7 Å². The van der Waals surface area contributed by atoms with Crippen molar-refractivity contribution < 1.29 is 28.2 Å². The first-order valence-electron chi connectivity index (χ1n) is 7.97. The molecule has 1 N–H and O–H groups in total. The summed E-state index contributed by atoms with van der Waals surface area (Å²) in [6.07, 6.45) is 0.0411. The van der Waals surface area contributed by atoms with Crippen molar-refractivity contribution in [2.45, 2.75) is 32.8 Å². The van der Waals surface area contributed by atoms with Crippen molar-refractivity contribution in [3.8, 4) is 22.6 Å². The Balaban J connectivity index is 2.17. The second kappa shape index (κ2) is 8.46. The fourth-order valence-corrected chi connectivity index (χ4v) is 2.28. The van der Waals surface area contributed by atoms with E-state index in [9.17, 15) is 13.6 Å². The van der Waals surface area contributed by atoms with Crippen molar-refractivity contribution in [1.29, 1.82) is 0 Å². The van der Waals surface area contributed by atoms with E-state index in [4.69, 9.17) is 14.6 Å². The average molecular weight is 350 g/mol. The molecule has 0 aromatic heterocycles. The zero-order valence-electron chi connectivity index (χ0n) is 14.1. The van der Waals surface area contributed by atoms with Gasteiger partial charge in [-0.15, -0.1) is 0 Å². The Kier molecular flexibility index (Phi) is 6.33. The molecular weight excluding hydrogens is 330 g/mol. The molecule has 0 saturated carbocycles. The van der Waals surface area contributed by atoms with Crippen LogP contribution in [0.2, 0.25) is 0 Å². The first-order valence-corrected chi connectivity index (χ1v) is 7.97. The average Bonchev–Trinajstić information content (AvgIpc) is 2.52. The molecule has 0 spiro atoms. The van der Waals surface area contributed by atoms with Crippen molar-refractivity contribution in [2.75, 3.05) is 6.61 Å². The van der Waals surface area contributed by atoms with Crippen LogP contribution in [-0.2, 0) is 4.79 Å². The molecule has 0 bridgehead atoms. The summed E-state index contributed by atoms with van der Waals surface area (Å²) in [4.78, 5) is 10.4. The van der Waals surface area contributed by atoms with Gasteiger partial charge in [0.25, 0.3) is 0 Å². The van der Waals surface area contributed by atoms with E-state index in [1.54, 1.807) is 24.3 Å². The van der Waals surface area contributed by atoms with Gasteiger partial charge in [0.15, 0.2) is 17.4 Å². The molecule has 25 heavy (non-hydrogen) atoms. The number of carbonyl (C=O) groups is 1. The van der Waals surface area contributed by atoms with Crippen molar-refractivity contribution in [3.05, 3.63) is 48.0 Å². The molecule has 6 heteroatoms. The van der Waals surface area contributed by atoms with Gasteiger partial charge < -0.3 is 14.6 Å². The maximum Gasteiger partial charge on any atom is 0.303 e. The minimum absolute atomic E-state index is 0.00898. The van der Waals surface area contributed by atoms with Crippen LogP contribution >= 0.6 is 0 Å². The topological polar surface area (TPSA) is 55.8 Å². The molecule has 0 heterocycles. The molecule has 0 fully saturated rings. The van der Waals surface area contributed by atoms with Gasteiger partial charge in [-0.25, -0.2) is 8.78 Å². The summed E-state index contributed by atoms with van der Waals surface area (Å²) in [5.74, 6) is -2.53. The quantitative estimate of drug-likeness (QED) is 0.704. The Bertz CT molecular complexity index is 721. The van der Waals surface area contributed by atoms with Gasteiger partial charge in [-0.3, -0.25) is 4.79 Å². The van der Waals surface area contributed by atoms with Crippen LogP contribution in [0.1, 0.15) is 26.7 Å². The lowest BCUT2D eigenvalue weighted by Crippen LogP contribution is -2.05. The molecule has 2 aromatic rings. The maximum atomic E-state index is 14.2. The van der Waals surface area contributed by atoms with E-state index in [0.29, 0.717) is 16.9 Å². The minimum Gasteiger partial charge on any atom is -0.491 e. The van der Waals surface area contributed by atoms with E-state index in [2.05, 4.69) is 0 Å². The zero-order chi connectivity index (χ0) is 18.4. The molecule has 134 valence electrons. The number of hydrogen-bond donors (Lipinski definition) is 1. The van der Waals surface area contributed by atoms with Crippen molar-refractivity contribution >= 4 is 5.97 Å². The fourth-order valence-electron chi connectivity index (χ4n) is 2.28. The van der Waals surface area contributed by atoms with Crippen LogP contribution in [-0.4, -0.2) is 23.8 Å². The molecule has 4 nitrogen and oxygen atoms in total. The van der Waals surface area contributed by atoms with Crippen molar-refractivity contribution in [3.63, 3.8) is 0 Å². The first kappa shape index (κ1) is 18.7. The van der Waals surface area contributed by atoms with Gasteiger partial charge >= 0.3 is 5.97 Å². The summed E-state index contributed by atoms with van der Waals surface area (Å²) >= 11 is 0. The maximum absolute atomic E-state index is 14.2. The third kappa shape index (κ3) is 5.45. The number of carboxylic acid groups (broad SMARTS) is 1. The van der Waals surface area contributed by atoms with Gasteiger partial charge in [-0.2, -0.15) is 0 Å². The second-order valence-corrected chi connectivity index (χ2v) is 5.81. The highest BCUT2D eigenvalue weighted by atomic mass is 19.1. The monoisotopic (exact) mass is 350 g/mol. The van der Waals surface area contributed by atoms with Crippen molar-refractivity contribution in [2.24, 2.45) is 0 Å². The highest BCUT2D eigenvalue weighted by Crippen LogP contribution is 2.31. The molecule has 0 aliphatic heterocycles. The molecule has 0 saturated heterocycles. The van der Waals surface area contributed by atoms with E-state index in [-0.39, 0.29) is 25.6 Å². The number of rotatable bonds is 8. The lowest BCUT2D eigenvalue weighted by molar-refractivity contribution is -0.137. The lowest BCUT2D eigenvalue weighted by Gasteiger charge is -2.12. The van der Waals surface area contributed by atoms with Gasteiger partial charge in [-0.05, 0) is 55.7 Å². The molecule has 0 atom stereocenters. The minimum atomic E-state index is -0.983. The normalized spacial score (nSPS) is 10.8. The van der Waals surface area contributed by atoms with Crippen LogP contribution in [0.25, 0.3) is 11.1 Å². The van der Waals surface area contributed by atoms with E-state index in [1.807, 2.05) is 13.8 Å². The predicted octanol–water partition coefficient (Wildman–Crippen LogP) is 4.66. The number of ether oxygens (including phenoxy) is 2. The number of hydrogen-bond acceptors (Lipinski definition) is 3. The SMILES string of the molecule is CC(C)Oc1cccc(-c2cc(F)c(OCCCC(=O)O)c(F)c2)c1. The Hall–Kier alpha value is -2.63. The summed E-state index contributed by atoms with van der Waals surface area (Å²) in [6, 6.07) is 9.33. The third-order valence-corrected chi connectivity index (χ3v) is 3.32. The number of benzene rings is 2. The summed E-state index contributed by atoms with van der Waals surface area (Å²) in [7, 11) is 0. The number of halogens is 2. The number of carboxylic acids is 1. The molecule has 0 unspecified atom stereocenters. The summed E-state index contributed by atoms with van der Waals surface area (Å²) in [5.41, 5.74) is 0.982. The van der Waals surface area contributed by atoms with Gasteiger partial charge in [-0.1, -0.05) is 12.1 Å². The largest absolute Gasteiger partial charge is 0.491 e. The predicted molar refractivity (Wildman–Crippen MR) is 89.9 cm³/mol. The van der Waals surface area contributed by atoms with Crippen molar-refractivity contribution in [1.82, 2.24) is 0 Å². The Morgan fingerprint density at radius 1 is 1.12 bits per heavy atom. The van der Waals surface area contributed by atoms with Crippen LogP contribution in [0.15, 0.2) is 36.4 Å². The van der Waals surface area contributed by atoms with Crippen LogP contribution in [0, 0.1) is 11.6 Å². The molecule has 2 aromatic carbocycles. The fraction of sp³-hybridized carbons (Fsp3) is 0.316. The smallest absolute Gasteiger partial charge is 0.303 e. The van der Waals surface area contributed by atoms with E-state index in [0.717, 1.165) is 0 Å². The van der Waals surface area contributed by atoms with Gasteiger partial charge in [0, 0.05) is 6.42 Å². The zero-order valence-corrected chi connectivity index (χ0v) is 14.1. The Morgan fingerprint density at radius 2 is 1.80 bits per heavy atom. The van der Waals surface area contributed by atoms with E-state index >= 15 is 0 Å². The van der Waals surface area contributed by atoms with E-state index in [1.165, 1.54) is 12.1 Å². The standard InChI is InChI=1S/C19H20F2O4/c1-12(2)25-15-6-3-5-13(9-15)14-10-16(20)19(17(21)11-14)24-8-4-7-18(22)23/h3,5-6,9-12H,4,7-8H2,1-2H3,(H,22,23). The van der Waals surface area contributed by atoms with Crippen LogP contribution in [0.4, 0.5) is 8.78 Å².